The Morgan fingerprint density at radius 2 is 1.92 bits per heavy atom. The van der Waals surface area contributed by atoms with Crippen molar-refractivity contribution in [3.8, 4) is 11.3 Å². The highest BCUT2D eigenvalue weighted by Crippen LogP contribution is 2.26. The lowest BCUT2D eigenvalue weighted by molar-refractivity contribution is 0.383. The van der Waals surface area contributed by atoms with Crippen LogP contribution in [-0.4, -0.2) is 42.9 Å². The van der Waals surface area contributed by atoms with Crippen LogP contribution in [0, 0.1) is 6.92 Å². The van der Waals surface area contributed by atoms with Crippen LogP contribution in [0.3, 0.4) is 0 Å². The van der Waals surface area contributed by atoms with E-state index in [1.807, 2.05) is 0 Å². The van der Waals surface area contributed by atoms with Crippen LogP contribution < -0.4 is 5.32 Å². The summed E-state index contributed by atoms with van der Waals surface area (Å²) >= 11 is 0. The van der Waals surface area contributed by atoms with E-state index in [1.54, 1.807) is 41.8 Å². The van der Waals surface area contributed by atoms with Crippen LogP contribution in [0.2, 0.25) is 0 Å². The largest absolute Gasteiger partial charge is 0.449 e. The number of nitrogens with zero attached hydrogens (tertiary/aromatic N) is 2. The van der Waals surface area contributed by atoms with Crippen LogP contribution in [0.15, 0.2) is 39.8 Å². The molecule has 2 bridgehead atoms. The highest BCUT2D eigenvalue weighted by Gasteiger charge is 2.34. The second kappa shape index (κ2) is 5.98. The highest BCUT2D eigenvalue weighted by atomic mass is 32.2. The molecule has 2 fully saturated rings. The summed E-state index contributed by atoms with van der Waals surface area (Å²) in [5, 5.41) is 3.51. The molecule has 0 saturated carbocycles. The second-order valence-corrected chi connectivity index (χ2v) is 8.50. The summed E-state index contributed by atoms with van der Waals surface area (Å²) < 4.78 is 32.7. The van der Waals surface area contributed by atoms with Gasteiger partial charge in [0, 0.05) is 37.7 Å². The summed E-state index contributed by atoms with van der Waals surface area (Å²) in [6.07, 6.45) is 4.67. The molecule has 0 spiro atoms. The molecule has 2 aliphatic heterocycles. The van der Waals surface area contributed by atoms with E-state index in [0.29, 0.717) is 35.6 Å². The van der Waals surface area contributed by atoms with Gasteiger partial charge < -0.3 is 9.73 Å². The number of rotatable bonds is 3. The summed E-state index contributed by atoms with van der Waals surface area (Å²) in [6, 6.07) is 7.63. The quantitative estimate of drug-likeness (QED) is 0.921. The molecule has 4 rings (SSSR count). The van der Waals surface area contributed by atoms with E-state index in [0.717, 1.165) is 24.8 Å². The van der Waals surface area contributed by atoms with E-state index < -0.39 is 10.0 Å². The zero-order valence-electron chi connectivity index (χ0n) is 13.6. The van der Waals surface area contributed by atoms with Gasteiger partial charge in [-0.15, -0.1) is 0 Å². The van der Waals surface area contributed by atoms with Gasteiger partial charge in [-0.25, -0.2) is 13.4 Å². The molecule has 1 aromatic heterocycles. The number of sulfonamides is 1. The van der Waals surface area contributed by atoms with Gasteiger partial charge in [-0.1, -0.05) is 12.1 Å². The fourth-order valence-electron chi connectivity index (χ4n) is 3.57. The molecule has 128 valence electrons. The van der Waals surface area contributed by atoms with Crippen LogP contribution in [0.4, 0.5) is 0 Å². The fraction of sp³-hybridized carbons (Fsp3) is 0.471. The maximum Gasteiger partial charge on any atom is 0.243 e. The SMILES string of the molecule is Cc1nc(-c2ccc(S(=O)(=O)N3CCC4CCC(C3)N4)cc2)co1. The van der Waals surface area contributed by atoms with Gasteiger partial charge in [0.1, 0.15) is 12.0 Å². The van der Waals surface area contributed by atoms with Gasteiger partial charge in [0.2, 0.25) is 10.0 Å². The van der Waals surface area contributed by atoms with Gasteiger partial charge in [-0.3, -0.25) is 0 Å². The monoisotopic (exact) mass is 347 g/mol. The Morgan fingerprint density at radius 1 is 1.17 bits per heavy atom. The molecule has 1 aromatic carbocycles. The Kier molecular flexibility index (Phi) is 3.94. The first-order valence-corrected chi connectivity index (χ1v) is 9.75. The van der Waals surface area contributed by atoms with Crippen molar-refractivity contribution in [1.29, 1.82) is 0 Å². The van der Waals surface area contributed by atoms with E-state index >= 15 is 0 Å². The van der Waals surface area contributed by atoms with Crippen LogP contribution in [0.1, 0.15) is 25.2 Å². The fourth-order valence-corrected chi connectivity index (χ4v) is 5.07. The Balaban J connectivity index is 1.57. The molecule has 2 saturated heterocycles. The van der Waals surface area contributed by atoms with Crippen molar-refractivity contribution < 1.29 is 12.8 Å². The molecule has 1 N–H and O–H groups in total. The van der Waals surface area contributed by atoms with E-state index in [1.165, 1.54) is 0 Å². The van der Waals surface area contributed by atoms with Gasteiger partial charge in [-0.2, -0.15) is 4.31 Å². The Bertz CT molecular complexity index is 829. The molecule has 2 aromatic rings. The third-order valence-corrected chi connectivity index (χ3v) is 6.77. The number of hydrogen-bond donors (Lipinski definition) is 1. The summed E-state index contributed by atoms with van der Waals surface area (Å²) in [6.45, 7) is 2.92. The van der Waals surface area contributed by atoms with Crippen LogP contribution in [-0.2, 0) is 10.0 Å². The Labute approximate surface area is 141 Å². The van der Waals surface area contributed by atoms with Crippen molar-refractivity contribution in [1.82, 2.24) is 14.6 Å². The zero-order chi connectivity index (χ0) is 16.7. The molecule has 0 amide bonds. The standard InChI is InChI=1S/C17H21N3O3S/c1-12-18-17(11-23-12)13-2-6-16(7-3-13)24(21,22)20-9-8-14-4-5-15(10-20)19-14/h2-3,6-7,11,14-15,19H,4-5,8-10H2,1H3. The molecular weight excluding hydrogens is 326 g/mol. The minimum absolute atomic E-state index is 0.282. The number of oxazole rings is 1. The van der Waals surface area contributed by atoms with Crippen molar-refractivity contribution in [2.24, 2.45) is 0 Å². The van der Waals surface area contributed by atoms with Crippen LogP contribution in [0.5, 0.6) is 0 Å². The second-order valence-electron chi connectivity index (χ2n) is 6.57. The summed E-state index contributed by atoms with van der Waals surface area (Å²) in [5.74, 6) is 0.591. The topological polar surface area (TPSA) is 75.4 Å². The van der Waals surface area contributed by atoms with E-state index in [2.05, 4.69) is 10.3 Å². The lowest BCUT2D eigenvalue weighted by Crippen LogP contribution is -2.39. The van der Waals surface area contributed by atoms with Gasteiger partial charge >= 0.3 is 0 Å². The van der Waals surface area contributed by atoms with E-state index in [-0.39, 0.29) is 6.04 Å². The van der Waals surface area contributed by atoms with Crippen LogP contribution in [0.25, 0.3) is 11.3 Å². The van der Waals surface area contributed by atoms with Gasteiger partial charge in [0.25, 0.3) is 0 Å². The van der Waals surface area contributed by atoms with Gasteiger partial charge in [0.05, 0.1) is 4.90 Å². The summed E-state index contributed by atoms with van der Waals surface area (Å²) in [4.78, 5) is 4.60. The number of hydrogen-bond acceptors (Lipinski definition) is 5. The van der Waals surface area contributed by atoms with Gasteiger partial charge in [-0.05, 0) is 31.4 Å². The van der Waals surface area contributed by atoms with Crippen molar-refractivity contribution in [3.63, 3.8) is 0 Å². The van der Waals surface area contributed by atoms with E-state index in [9.17, 15) is 8.42 Å². The molecular formula is C17H21N3O3S. The summed E-state index contributed by atoms with van der Waals surface area (Å²) in [5.41, 5.74) is 1.56. The number of aromatic nitrogens is 1. The first-order chi connectivity index (χ1) is 11.5. The molecule has 0 radical (unpaired) electrons. The maximum absolute atomic E-state index is 12.9. The normalized spacial score (nSPS) is 24.9. The number of benzene rings is 1. The molecule has 2 unspecified atom stereocenters. The predicted octanol–water partition coefficient (Wildman–Crippen LogP) is 2.17. The van der Waals surface area contributed by atoms with E-state index in [4.69, 9.17) is 4.42 Å². The first-order valence-electron chi connectivity index (χ1n) is 8.31. The number of fused-ring (bicyclic) bond motifs is 2. The first kappa shape index (κ1) is 15.8. The Morgan fingerprint density at radius 3 is 2.62 bits per heavy atom. The molecule has 24 heavy (non-hydrogen) atoms. The molecule has 0 aliphatic carbocycles. The molecule has 2 aliphatic rings. The molecule has 6 nitrogen and oxygen atoms in total. The average Bonchev–Trinajstić information content (AvgIpc) is 3.12. The maximum atomic E-state index is 12.9. The smallest absolute Gasteiger partial charge is 0.243 e. The van der Waals surface area contributed by atoms with Crippen LogP contribution >= 0.6 is 0 Å². The number of nitrogens with one attached hydrogen (secondary N) is 1. The molecule has 2 atom stereocenters. The van der Waals surface area contributed by atoms with Crippen molar-refractivity contribution in [2.75, 3.05) is 13.1 Å². The third kappa shape index (κ3) is 2.87. The van der Waals surface area contributed by atoms with Gasteiger partial charge in [0.15, 0.2) is 5.89 Å². The highest BCUT2D eigenvalue weighted by molar-refractivity contribution is 7.89. The zero-order valence-corrected chi connectivity index (χ0v) is 14.4. The minimum Gasteiger partial charge on any atom is -0.449 e. The lowest BCUT2D eigenvalue weighted by Gasteiger charge is -2.23. The van der Waals surface area contributed by atoms with Crippen molar-refractivity contribution in [2.45, 2.75) is 43.2 Å². The molecule has 7 heteroatoms. The average molecular weight is 347 g/mol. The minimum atomic E-state index is -3.45. The van der Waals surface area contributed by atoms with Crippen molar-refractivity contribution in [3.05, 3.63) is 36.4 Å². The predicted molar refractivity (Wildman–Crippen MR) is 90.0 cm³/mol. The summed E-state index contributed by atoms with van der Waals surface area (Å²) in [7, 11) is -3.45. The Hall–Kier alpha value is -1.70. The number of aryl methyl sites for hydroxylation is 1. The third-order valence-electron chi connectivity index (χ3n) is 4.89. The lowest BCUT2D eigenvalue weighted by atomic mass is 10.1. The van der Waals surface area contributed by atoms with Crippen molar-refractivity contribution >= 4 is 10.0 Å². The molecule has 3 heterocycles.